The number of aryl methyl sites for hydroxylation is 1. The van der Waals surface area contributed by atoms with Gasteiger partial charge in [-0.2, -0.15) is 5.10 Å². The van der Waals surface area contributed by atoms with E-state index in [1.54, 1.807) is 29.1 Å². The van der Waals surface area contributed by atoms with Gasteiger partial charge in [0.2, 0.25) is 0 Å². The SMILES string of the molecule is CCn1cc(Br)c(C(=O)Nc2cc(Cl)ccc2Cl)n1. The third-order valence-corrected chi connectivity index (χ3v) is 3.58. The van der Waals surface area contributed by atoms with Crippen LogP contribution in [0.3, 0.4) is 0 Å². The van der Waals surface area contributed by atoms with Crippen LogP contribution < -0.4 is 5.32 Å². The highest BCUT2D eigenvalue weighted by Crippen LogP contribution is 2.26. The summed E-state index contributed by atoms with van der Waals surface area (Å²) in [5.74, 6) is -0.344. The van der Waals surface area contributed by atoms with E-state index in [0.717, 1.165) is 0 Å². The first-order valence-corrected chi connectivity index (χ1v) is 7.05. The van der Waals surface area contributed by atoms with Gasteiger partial charge in [0.05, 0.1) is 15.2 Å². The lowest BCUT2D eigenvalue weighted by molar-refractivity contribution is 0.102. The number of hydrogen-bond acceptors (Lipinski definition) is 2. The first-order chi connectivity index (χ1) is 9.01. The van der Waals surface area contributed by atoms with E-state index in [1.165, 1.54) is 0 Å². The van der Waals surface area contributed by atoms with Crippen molar-refractivity contribution < 1.29 is 4.79 Å². The Morgan fingerprint density at radius 2 is 2.21 bits per heavy atom. The van der Waals surface area contributed by atoms with Crippen molar-refractivity contribution in [2.24, 2.45) is 0 Å². The van der Waals surface area contributed by atoms with Crippen molar-refractivity contribution in [2.45, 2.75) is 13.5 Å². The van der Waals surface area contributed by atoms with Gasteiger partial charge in [0, 0.05) is 17.8 Å². The Morgan fingerprint density at radius 1 is 1.47 bits per heavy atom. The molecule has 0 spiro atoms. The number of hydrogen-bond donors (Lipinski definition) is 1. The minimum atomic E-state index is -0.344. The van der Waals surface area contributed by atoms with Crippen LogP contribution >= 0.6 is 39.1 Å². The predicted octanol–water partition coefficient (Wildman–Crippen LogP) is 4.22. The topological polar surface area (TPSA) is 46.9 Å². The van der Waals surface area contributed by atoms with Crippen LogP contribution in [0.25, 0.3) is 0 Å². The molecule has 0 saturated heterocycles. The molecule has 2 aromatic rings. The van der Waals surface area contributed by atoms with E-state index in [1.807, 2.05) is 6.92 Å². The Morgan fingerprint density at radius 3 is 2.84 bits per heavy atom. The van der Waals surface area contributed by atoms with Crippen LogP contribution in [0.2, 0.25) is 10.0 Å². The molecule has 1 aromatic carbocycles. The summed E-state index contributed by atoms with van der Waals surface area (Å²) in [5, 5.41) is 7.76. The standard InChI is InChI=1S/C12H10BrCl2N3O/c1-2-18-6-8(13)11(17-18)12(19)16-10-5-7(14)3-4-9(10)15/h3-6H,2H2,1H3,(H,16,19). The van der Waals surface area contributed by atoms with E-state index in [4.69, 9.17) is 23.2 Å². The molecule has 0 saturated carbocycles. The zero-order valence-electron chi connectivity index (χ0n) is 9.95. The first-order valence-electron chi connectivity index (χ1n) is 5.50. The molecule has 0 atom stereocenters. The number of nitrogens with zero attached hydrogens (tertiary/aromatic N) is 2. The molecule has 1 N–H and O–H groups in total. The smallest absolute Gasteiger partial charge is 0.277 e. The van der Waals surface area contributed by atoms with Crippen LogP contribution in [-0.2, 0) is 6.54 Å². The second kappa shape index (κ2) is 5.94. The quantitative estimate of drug-likeness (QED) is 0.888. The third-order valence-electron chi connectivity index (χ3n) is 2.43. The Labute approximate surface area is 128 Å². The molecular weight excluding hydrogens is 353 g/mol. The maximum atomic E-state index is 12.1. The second-order valence-electron chi connectivity index (χ2n) is 3.76. The summed E-state index contributed by atoms with van der Waals surface area (Å²) in [6, 6.07) is 4.87. The molecule has 100 valence electrons. The van der Waals surface area contributed by atoms with E-state index < -0.39 is 0 Å². The number of anilines is 1. The number of carbonyl (C=O) groups excluding carboxylic acids is 1. The number of nitrogens with one attached hydrogen (secondary N) is 1. The zero-order chi connectivity index (χ0) is 14.0. The Kier molecular flexibility index (Phi) is 4.50. The van der Waals surface area contributed by atoms with Crippen LogP contribution in [0.4, 0.5) is 5.69 Å². The van der Waals surface area contributed by atoms with E-state index >= 15 is 0 Å². The lowest BCUT2D eigenvalue weighted by atomic mass is 10.3. The fraction of sp³-hybridized carbons (Fsp3) is 0.167. The molecule has 0 bridgehead atoms. The van der Waals surface area contributed by atoms with Gasteiger partial charge >= 0.3 is 0 Å². The molecular formula is C12H10BrCl2N3O. The third kappa shape index (κ3) is 3.29. The van der Waals surface area contributed by atoms with Gasteiger partial charge in [0.25, 0.3) is 5.91 Å². The molecule has 2 rings (SSSR count). The van der Waals surface area contributed by atoms with E-state index in [9.17, 15) is 4.79 Å². The molecule has 1 aromatic heterocycles. The number of amides is 1. The molecule has 0 aliphatic heterocycles. The molecule has 0 unspecified atom stereocenters. The lowest BCUT2D eigenvalue weighted by Gasteiger charge is -2.06. The summed E-state index contributed by atoms with van der Waals surface area (Å²) in [4.78, 5) is 12.1. The summed E-state index contributed by atoms with van der Waals surface area (Å²) in [6.07, 6.45) is 1.74. The monoisotopic (exact) mass is 361 g/mol. The summed E-state index contributed by atoms with van der Waals surface area (Å²) < 4.78 is 2.29. The van der Waals surface area contributed by atoms with Crippen LogP contribution in [0.1, 0.15) is 17.4 Å². The summed E-state index contributed by atoms with van der Waals surface area (Å²) in [5.41, 5.74) is 0.759. The highest BCUT2D eigenvalue weighted by atomic mass is 79.9. The van der Waals surface area contributed by atoms with Gasteiger partial charge in [-0.1, -0.05) is 23.2 Å². The average molecular weight is 363 g/mol. The van der Waals surface area contributed by atoms with Gasteiger partial charge in [0.1, 0.15) is 0 Å². The number of aromatic nitrogens is 2. The number of halogens is 3. The fourth-order valence-electron chi connectivity index (χ4n) is 1.49. The summed E-state index contributed by atoms with van der Waals surface area (Å²) >= 11 is 15.2. The van der Waals surface area contributed by atoms with Gasteiger partial charge in [-0.25, -0.2) is 0 Å². The van der Waals surface area contributed by atoms with Crippen LogP contribution in [0, 0.1) is 0 Å². The van der Waals surface area contributed by atoms with Crippen LogP contribution in [0.15, 0.2) is 28.9 Å². The van der Waals surface area contributed by atoms with Crippen molar-refractivity contribution in [3.8, 4) is 0 Å². The highest BCUT2D eigenvalue weighted by Gasteiger charge is 2.16. The lowest BCUT2D eigenvalue weighted by Crippen LogP contribution is -2.14. The maximum absolute atomic E-state index is 12.1. The maximum Gasteiger partial charge on any atom is 0.277 e. The highest BCUT2D eigenvalue weighted by molar-refractivity contribution is 9.10. The number of rotatable bonds is 3. The van der Waals surface area contributed by atoms with E-state index in [0.29, 0.717) is 32.4 Å². The van der Waals surface area contributed by atoms with Crippen molar-refractivity contribution in [2.75, 3.05) is 5.32 Å². The van der Waals surface area contributed by atoms with Crippen molar-refractivity contribution in [1.82, 2.24) is 9.78 Å². The van der Waals surface area contributed by atoms with Crippen LogP contribution in [0.5, 0.6) is 0 Å². The molecule has 0 radical (unpaired) electrons. The average Bonchev–Trinajstić information content (AvgIpc) is 2.75. The van der Waals surface area contributed by atoms with Gasteiger partial charge in [-0.3, -0.25) is 9.48 Å². The van der Waals surface area contributed by atoms with Gasteiger partial charge in [0.15, 0.2) is 5.69 Å². The van der Waals surface area contributed by atoms with Gasteiger partial charge in [-0.15, -0.1) is 0 Å². The molecule has 4 nitrogen and oxygen atoms in total. The number of benzene rings is 1. The Hall–Kier alpha value is -1.04. The fourth-order valence-corrected chi connectivity index (χ4v) is 2.32. The van der Waals surface area contributed by atoms with Crippen molar-refractivity contribution in [3.63, 3.8) is 0 Å². The van der Waals surface area contributed by atoms with E-state index in [-0.39, 0.29) is 5.91 Å². The molecule has 7 heteroatoms. The normalized spacial score (nSPS) is 10.5. The molecule has 0 aliphatic carbocycles. The minimum Gasteiger partial charge on any atom is -0.319 e. The Balaban J connectivity index is 2.25. The summed E-state index contributed by atoms with van der Waals surface area (Å²) in [7, 11) is 0. The van der Waals surface area contributed by atoms with Crippen molar-refractivity contribution in [1.29, 1.82) is 0 Å². The second-order valence-corrected chi connectivity index (χ2v) is 5.46. The Bertz CT molecular complexity index is 627. The minimum absolute atomic E-state index is 0.304. The van der Waals surface area contributed by atoms with Gasteiger partial charge < -0.3 is 5.32 Å². The molecule has 1 amide bonds. The van der Waals surface area contributed by atoms with Crippen molar-refractivity contribution >= 4 is 50.7 Å². The zero-order valence-corrected chi connectivity index (χ0v) is 13.1. The molecule has 0 aliphatic rings. The number of carbonyl (C=O) groups is 1. The molecule has 19 heavy (non-hydrogen) atoms. The summed E-state index contributed by atoms with van der Waals surface area (Å²) in [6.45, 7) is 2.62. The molecule has 0 fully saturated rings. The van der Waals surface area contributed by atoms with Crippen LogP contribution in [-0.4, -0.2) is 15.7 Å². The predicted molar refractivity (Wildman–Crippen MR) is 80.0 cm³/mol. The van der Waals surface area contributed by atoms with Crippen molar-refractivity contribution in [3.05, 3.63) is 44.6 Å². The molecule has 1 heterocycles. The largest absolute Gasteiger partial charge is 0.319 e. The van der Waals surface area contributed by atoms with E-state index in [2.05, 4.69) is 26.3 Å². The van der Waals surface area contributed by atoms with Gasteiger partial charge in [-0.05, 0) is 41.1 Å². The first kappa shape index (κ1) is 14.4.